The van der Waals surface area contributed by atoms with Crippen LogP contribution in [0.3, 0.4) is 0 Å². The Bertz CT molecular complexity index is 1750. The predicted molar refractivity (Wildman–Crippen MR) is 157 cm³/mol. The molecule has 2 aromatic carbocycles. The van der Waals surface area contributed by atoms with Gasteiger partial charge >= 0.3 is 0 Å². The molecule has 3 aliphatic rings. The van der Waals surface area contributed by atoms with E-state index in [1.165, 1.54) is 17.5 Å². The lowest BCUT2D eigenvalue weighted by Crippen LogP contribution is -2.60. The van der Waals surface area contributed by atoms with Gasteiger partial charge in [-0.3, -0.25) is 5.10 Å². The number of morpholine rings is 1. The first-order valence-electron chi connectivity index (χ1n) is 14.2. The fraction of sp³-hybridized carbons (Fsp3) is 0.406. The van der Waals surface area contributed by atoms with Crippen molar-refractivity contribution in [3.63, 3.8) is 0 Å². The van der Waals surface area contributed by atoms with E-state index in [0.29, 0.717) is 22.6 Å². The minimum absolute atomic E-state index is 0.322. The van der Waals surface area contributed by atoms with Crippen LogP contribution in [0.1, 0.15) is 51.2 Å². The van der Waals surface area contributed by atoms with Crippen molar-refractivity contribution >= 4 is 26.6 Å². The fourth-order valence-corrected chi connectivity index (χ4v) is 7.71. The van der Waals surface area contributed by atoms with Gasteiger partial charge in [-0.05, 0) is 68.5 Å². The summed E-state index contributed by atoms with van der Waals surface area (Å²) in [5.41, 5.74) is 9.04. The van der Waals surface area contributed by atoms with Gasteiger partial charge in [0, 0.05) is 35.6 Å². The summed E-state index contributed by atoms with van der Waals surface area (Å²) in [4.78, 5) is 4.97. The molecule has 2 bridgehead atoms. The molecular formula is C32H35N4O3S+. The molecule has 206 valence electrons. The third-order valence-corrected chi connectivity index (χ3v) is 11.4. The van der Waals surface area contributed by atoms with Crippen LogP contribution in [0.2, 0.25) is 0 Å². The van der Waals surface area contributed by atoms with E-state index in [4.69, 9.17) is 4.74 Å². The molecule has 2 saturated heterocycles. The molecule has 2 atom stereocenters. The molecule has 0 radical (unpaired) electrons. The molecular weight excluding hydrogens is 520 g/mol. The van der Waals surface area contributed by atoms with Gasteiger partial charge in [0.1, 0.15) is 13.2 Å². The van der Waals surface area contributed by atoms with Crippen LogP contribution in [-0.4, -0.2) is 63.9 Å². The van der Waals surface area contributed by atoms with E-state index >= 15 is 0 Å². The summed E-state index contributed by atoms with van der Waals surface area (Å²) in [5, 5.41) is 8.45. The number of nitrogens with one attached hydrogen (secondary N) is 1. The van der Waals surface area contributed by atoms with Crippen molar-refractivity contribution in [3.8, 4) is 22.4 Å². The SMILES string of the molecule is CC(C)(C)S(=O)(=O)c1ccc(-c2[nH]nc3ncc(-c4ccc5c(c4)CCC(=[N+]4C6COCC4C6)CC5)cc23)cc1. The van der Waals surface area contributed by atoms with Crippen molar-refractivity contribution < 1.29 is 17.7 Å². The second kappa shape index (κ2) is 9.35. The predicted octanol–water partition coefficient (Wildman–Crippen LogP) is 5.37. The minimum atomic E-state index is -3.42. The molecule has 2 aromatic heterocycles. The van der Waals surface area contributed by atoms with Gasteiger partial charge in [-0.15, -0.1) is 0 Å². The second-order valence-corrected chi connectivity index (χ2v) is 15.1. The maximum absolute atomic E-state index is 12.9. The molecule has 8 heteroatoms. The summed E-state index contributed by atoms with van der Waals surface area (Å²) in [5.74, 6) is 0. The molecule has 2 aliphatic heterocycles. The number of sulfone groups is 1. The maximum atomic E-state index is 12.9. The topological polar surface area (TPSA) is 88.0 Å². The van der Waals surface area contributed by atoms with Crippen molar-refractivity contribution in [2.24, 2.45) is 0 Å². The van der Waals surface area contributed by atoms with E-state index in [2.05, 4.69) is 44.0 Å². The van der Waals surface area contributed by atoms with Gasteiger partial charge in [-0.2, -0.15) is 5.10 Å². The monoisotopic (exact) mass is 555 g/mol. The zero-order valence-corrected chi connectivity index (χ0v) is 24.1. The summed E-state index contributed by atoms with van der Waals surface area (Å²) < 4.78 is 33.2. The Hall–Kier alpha value is -3.36. The quantitative estimate of drug-likeness (QED) is 0.271. The first kappa shape index (κ1) is 25.6. The smallest absolute Gasteiger partial charge is 0.183 e. The fourth-order valence-electron chi connectivity index (χ4n) is 6.51. The highest BCUT2D eigenvalue weighted by atomic mass is 32.2. The number of pyridine rings is 1. The van der Waals surface area contributed by atoms with Crippen molar-refractivity contribution in [2.45, 2.75) is 74.6 Å². The van der Waals surface area contributed by atoms with Crippen LogP contribution in [0.25, 0.3) is 33.4 Å². The molecule has 1 N–H and O–H groups in total. The van der Waals surface area contributed by atoms with E-state index in [-0.39, 0.29) is 0 Å². The number of fused-ring (bicyclic) bond motifs is 4. The molecule has 4 heterocycles. The lowest BCUT2D eigenvalue weighted by Gasteiger charge is -2.39. The first-order chi connectivity index (χ1) is 19.2. The van der Waals surface area contributed by atoms with E-state index in [1.54, 1.807) is 38.6 Å². The van der Waals surface area contributed by atoms with Crippen molar-refractivity contribution in [3.05, 3.63) is 65.9 Å². The van der Waals surface area contributed by atoms with Gasteiger partial charge in [-0.1, -0.05) is 30.3 Å². The van der Waals surface area contributed by atoms with Gasteiger partial charge < -0.3 is 4.74 Å². The zero-order chi connectivity index (χ0) is 27.6. The van der Waals surface area contributed by atoms with Gasteiger partial charge in [0.25, 0.3) is 0 Å². The van der Waals surface area contributed by atoms with Gasteiger partial charge in [0.2, 0.25) is 0 Å². The molecule has 2 fully saturated rings. The molecule has 0 spiro atoms. The lowest BCUT2D eigenvalue weighted by atomic mass is 9.91. The third kappa shape index (κ3) is 4.20. The molecule has 1 aliphatic carbocycles. The van der Waals surface area contributed by atoms with Crippen molar-refractivity contribution in [1.29, 1.82) is 0 Å². The van der Waals surface area contributed by atoms with E-state index in [9.17, 15) is 8.42 Å². The Morgan fingerprint density at radius 2 is 1.57 bits per heavy atom. The Labute approximate surface area is 235 Å². The molecule has 40 heavy (non-hydrogen) atoms. The number of rotatable bonds is 3. The summed E-state index contributed by atoms with van der Waals surface area (Å²) in [6, 6.07) is 17.2. The summed E-state index contributed by atoms with van der Waals surface area (Å²) in [6.45, 7) is 6.92. The number of aromatic amines is 1. The first-order valence-corrected chi connectivity index (χ1v) is 15.7. The number of aryl methyl sites for hydroxylation is 2. The number of nitrogens with zero attached hydrogens (tertiary/aromatic N) is 3. The van der Waals surface area contributed by atoms with E-state index in [0.717, 1.165) is 66.7 Å². The average molecular weight is 556 g/mol. The normalized spacial score (nSPS) is 21.2. The molecule has 2 unspecified atom stereocenters. The maximum Gasteiger partial charge on any atom is 0.183 e. The number of ether oxygens (including phenoxy) is 1. The van der Waals surface area contributed by atoms with Gasteiger partial charge in [0.15, 0.2) is 33.3 Å². The number of benzene rings is 2. The Morgan fingerprint density at radius 1 is 0.875 bits per heavy atom. The summed E-state index contributed by atoms with van der Waals surface area (Å²) in [6.07, 6.45) is 7.58. The van der Waals surface area contributed by atoms with Crippen LogP contribution in [0, 0.1) is 0 Å². The molecule has 7 nitrogen and oxygen atoms in total. The van der Waals surface area contributed by atoms with Crippen LogP contribution in [0.4, 0.5) is 0 Å². The zero-order valence-electron chi connectivity index (χ0n) is 23.3. The highest BCUT2D eigenvalue weighted by molar-refractivity contribution is 7.92. The van der Waals surface area contributed by atoms with Crippen LogP contribution in [0.5, 0.6) is 0 Å². The van der Waals surface area contributed by atoms with Gasteiger partial charge in [-0.25, -0.2) is 18.0 Å². The van der Waals surface area contributed by atoms with Crippen molar-refractivity contribution in [1.82, 2.24) is 15.2 Å². The van der Waals surface area contributed by atoms with Crippen molar-refractivity contribution in [2.75, 3.05) is 13.2 Å². The Balaban J connectivity index is 1.18. The number of aromatic nitrogens is 3. The second-order valence-electron chi connectivity index (χ2n) is 12.4. The standard InChI is InChI=1S/C32H35N4O3S/c1-32(2,3)40(37,38)28-12-8-21(9-13-28)30-29-15-24(17-33-31(29)35-34-30)23-5-4-20-6-10-25(11-7-22(20)14-23)36-26-16-27(36)19-39-18-26/h4-5,8-9,12-15,17,26-27H,6-7,10-11,16,18-19H2,1-3H3,(H,33,34,35)/q+1. The summed E-state index contributed by atoms with van der Waals surface area (Å²) in [7, 11) is -3.42. The molecule has 0 saturated carbocycles. The van der Waals surface area contributed by atoms with Crippen LogP contribution in [-0.2, 0) is 27.4 Å². The third-order valence-electron chi connectivity index (χ3n) is 8.89. The van der Waals surface area contributed by atoms with E-state index in [1.807, 2.05) is 18.3 Å². The largest absolute Gasteiger partial charge is 0.368 e. The highest BCUT2D eigenvalue weighted by Gasteiger charge is 2.49. The van der Waals surface area contributed by atoms with E-state index < -0.39 is 14.6 Å². The molecule has 0 amide bonds. The number of hydrogen-bond acceptors (Lipinski definition) is 5. The lowest BCUT2D eigenvalue weighted by molar-refractivity contribution is -0.686. The highest BCUT2D eigenvalue weighted by Crippen LogP contribution is 2.34. The van der Waals surface area contributed by atoms with Gasteiger partial charge in [0.05, 0.1) is 21.8 Å². The Kier molecular flexibility index (Phi) is 5.98. The summed E-state index contributed by atoms with van der Waals surface area (Å²) >= 11 is 0. The molecule has 4 aromatic rings. The minimum Gasteiger partial charge on any atom is -0.368 e. The van der Waals surface area contributed by atoms with Crippen LogP contribution in [0.15, 0.2) is 59.6 Å². The Morgan fingerprint density at radius 3 is 2.27 bits per heavy atom. The molecule has 7 rings (SSSR count). The average Bonchev–Trinajstić information content (AvgIpc) is 3.27. The van der Waals surface area contributed by atoms with Crippen LogP contribution < -0.4 is 0 Å². The number of H-pyrrole nitrogens is 1. The number of hydrogen-bond donors (Lipinski definition) is 1. The van der Waals surface area contributed by atoms with Crippen LogP contribution >= 0.6 is 0 Å².